The SMILES string of the molecule is N#Cc1ccc(NCCc2cc(F)cc(F)c2)c(N)c1. The fraction of sp³-hybridized carbons (Fsp3) is 0.133. The molecule has 0 spiro atoms. The van der Waals surface area contributed by atoms with Gasteiger partial charge in [-0.2, -0.15) is 5.26 Å². The minimum absolute atomic E-state index is 0.466. The van der Waals surface area contributed by atoms with Crippen molar-refractivity contribution in [3.63, 3.8) is 0 Å². The van der Waals surface area contributed by atoms with E-state index in [-0.39, 0.29) is 0 Å². The number of anilines is 2. The Labute approximate surface area is 115 Å². The fourth-order valence-electron chi connectivity index (χ4n) is 1.89. The number of rotatable bonds is 4. The van der Waals surface area contributed by atoms with E-state index in [0.29, 0.717) is 35.5 Å². The first-order chi connectivity index (χ1) is 9.58. The van der Waals surface area contributed by atoms with E-state index in [1.807, 2.05) is 6.07 Å². The average molecular weight is 273 g/mol. The van der Waals surface area contributed by atoms with Gasteiger partial charge in [0.1, 0.15) is 11.6 Å². The maximum Gasteiger partial charge on any atom is 0.126 e. The van der Waals surface area contributed by atoms with E-state index >= 15 is 0 Å². The number of hydrogen-bond donors (Lipinski definition) is 2. The second-order valence-electron chi connectivity index (χ2n) is 4.37. The molecule has 0 aliphatic carbocycles. The first-order valence-electron chi connectivity index (χ1n) is 6.07. The molecule has 0 aromatic heterocycles. The smallest absolute Gasteiger partial charge is 0.126 e. The van der Waals surface area contributed by atoms with E-state index in [2.05, 4.69) is 5.32 Å². The van der Waals surface area contributed by atoms with Crippen LogP contribution >= 0.6 is 0 Å². The van der Waals surface area contributed by atoms with Crippen LogP contribution in [0.15, 0.2) is 36.4 Å². The Morgan fingerprint density at radius 3 is 2.40 bits per heavy atom. The second-order valence-corrected chi connectivity index (χ2v) is 4.37. The van der Waals surface area contributed by atoms with Gasteiger partial charge in [-0.3, -0.25) is 0 Å². The summed E-state index contributed by atoms with van der Waals surface area (Å²) in [4.78, 5) is 0. The predicted molar refractivity (Wildman–Crippen MR) is 74.1 cm³/mol. The summed E-state index contributed by atoms with van der Waals surface area (Å²) in [7, 11) is 0. The monoisotopic (exact) mass is 273 g/mol. The lowest BCUT2D eigenvalue weighted by atomic mass is 10.1. The van der Waals surface area contributed by atoms with Gasteiger partial charge in [0.15, 0.2) is 0 Å². The summed E-state index contributed by atoms with van der Waals surface area (Å²) >= 11 is 0. The summed E-state index contributed by atoms with van der Waals surface area (Å²) in [5.74, 6) is -1.17. The van der Waals surface area contributed by atoms with Crippen LogP contribution in [0.25, 0.3) is 0 Å². The van der Waals surface area contributed by atoms with Crippen molar-refractivity contribution in [2.24, 2.45) is 0 Å². The molecular weight excluding hydrogens is 260 g/mol. The van der Waals surface area contributed by atoms with Gasteiger partial charge < -0.3 is 11.1 Å². The van der Waals surface area contributed by atoms with E-state index in [9.17, 15) is 8.78 Å². The fourth-order valence-corrected chi connectivity index (χ4v) is 1.89. The lowest BCUT2D eigenvalue weighted by Crippen LogP contribution is -2.07. The van der Waals surface area contributed by atoms with E-state index in [1.54, 1.807) is 18.2 Å². The Kier molecular flexibility index (Phi) is 4.16. The highest BCUT2D eigenvalue weighted by Gasteiger charge is 2.03. The molecule has 0 amide bonds. The van der Waals surface area contributed by atoms with Crippen molar-refractivity contribution in [2.45, 2.75) is 6.42 Å². The second kappa shape index (κ2) is 6.02. The van der Waals surface area contributed by atoms with Crippen molar-refractivity contribution in [3.8, 4) is 6.07 Å². The topological polar surface area (TPSA) is 61.8 Å². The molecule has 0 unspecified atom stereocenters. The van der Waals surface area contributed by atoms with Crippen molar-refractivity contribution < 1.29 is 8.78 Å². The van der Waals surface area contributed by atoms with Crippen LogP contribution in [0.1, 0.15) is 11.1 Å². The molecule has 3 N–H and O–H groups in total. The lowest BCUT2D eigenvalue weighted by molar-refractivity contribution is 0.580. The van der Waals surface area contributed by atoms with Crippen LogP contribution in [0, 0.1) is 23.0 Å². The number of nitrogens with one attached hydrogen (secondary N) is 1. The zero-order valence-corrected chi connectivity index (χ0v) is 10.7. The first-order valence-corrected chi connectivity index (χ1v) is 6.07. The number of halogens is 2. The molecule has 0 heterocycles. The van der Waals surface area contributed by atoms with Gasteiger partial charge in [0.05, 0.1) is 23.0 Å². The maximum atomic E-state index is 13.0. The average Bonchev–Trinajstić information content (AvgIpc) is 2.39. The van der Waals surface area contributed by atoms with Crippen molar-refractivity contribution in [1.82, 2.24) is 0 Å². The van der Waals surface area contributed by atoms with Gasteiger partial charge in [0.2, 0.25) is 0 Å². The van der Waals surface area contributed by atoms with E-state index in [4.69, 9.17) is 11.0 Å². The molecule has 0 saturated carbocycles. The lowest BCUT2D eigenvalue weighted by Gasteiger charge is -2.09. The molecule has 2 rings (SSSR count). The number of nitriles is 1. The van der Waals surface area contributed by atoms with Crippen LogP contribution < -0.4 is 11.1 Å². The Hall–Kier alpha value is -2.61. The molecule has 0 aliphatic rings. The molecule has 0 aliphatic heterocycles. The Morgan fingerprint density at radius 1 is 1.10 bits per heavy atom. The van der Waals surface area contributed by atoms with Gasteiger partial charge >= 0.3 is 0 Å². The standard InChI is InChI=1S/C15H13F2N3/c16-12-5-10(6-13(17)8-12)3-4-20-15-2-1-11(9-18)7-14(15)19/h1-2,5-8,20H,3-4,19H2. The molecule has 0 fully saturated rings. The molecule has 2 aromatic carbocycles. The molecule has 3 nitrogen and oxygen atoms in total. The largest absolute Gasteiger partial charge is 0.397 e. The Balaban J connectivity index is 1.98. The number of nitrogens with zero attached hydrogens (tertiary/aromatic N) is 1. The molecule has 0 atom stereocenters. The summed E-state index contributed by atoms with van der Waals surface area (Å²) in [6, 6.07) is 10.4. The highest BCUT2D eigenvalue weighted by molar-refractivity contribution is 5.68. The summed E-state index contributed by atoms with van der Waals surface area (Å²) < 4.78 is 26.0. The van der Waals surface area contributed by atoms with Crippen LogP contribution in [0.2, 0.25) is 0 Å². The Bertz CT molecular complexity index is 642. The third-order valence-electron chi connectivity index (χ3n) is 2.83. The third kappa shape index (κ3) is 3.45. The molecule has 0 saturated heterocycles. The van der Waals surface area contributed by atoms with Crippen molar-refractivity contribution in [1.29, 1.82) is 5.26 Å². The van der Waals surface area contributed by atoms with Crippen LogP contribution in [0.3, 0.4) is 0 Å². The van der Waals surface area contributed by atoms with Crippen LogP contribution in [0.4, 0.5) is 20.2 Å². The van der Waals surface area contributed by atoms with E-state index in [1.165, 1.54) is 12.1 Å². The van der Waals surface area contributed by atoms with Crippen molar-refractivity contribution in [3.05, 3.63) is 59.2 Å². The van der Waals surface area contributed by atoms with Gasteiger partial charge in [0, 0.05) is 12.6 Å². The summed E-state index contributed by atoms with van der Waals surface area (Å²) in [5, 5.41) is 11.8. The minimum atomic E-state index is -0.585. The minimum Gasteiger partial charge on any atom is -0.397 e. The zero-order chi connectivity index (χ0) is 14.5. The van der Waals surface area contributed by atoms with Crippen LogP contribution in [-0.4, -0.2) is 6.54 Å². The van der Waals surface area contributed by atoms with Crippen LogP contribution in [0.5, 0.6) is 0 Å². The van der Waals surface area contributed by atoms with E-state index < -0.39 is 11.6 Å². The van der Waals surface area contributed by atoms with Gasteiger partial charge in [-0.25, -0.2) is 8.78 Å². The quantitative estimate of drug-likeness (QED) is 0.841. The highest BCUT2D eigenvalue weighted by Crippen LogP contribution is 2.19. The van der Waals surface area contributed by atoms with Crippen LogP contribution in [-0.2, 0) is 6.42 Å². The van der Waals surface area contributed by atoms with Gasteiger partial charge in [-0.15, -0.1) is 0 Å². The van der Waals surface area contributed by atoms with Crippen molar-refractivity contribution >= 4 is 11.4 Å². The zero-order valence-electron chi connectivity index (χ0n) is 10.7. The highest BCUT2D eigenvalue weighted by atomic mass is 19.1. The molecule has 0 radical (unpaired) electrons. The summed E-state index contributed by atoms with van der Waals surface area (Å²) in [6.07, 6.45) is 0.466. The summed E-state index contributed by atoms with van der Waals surface area (Å²) in [6.45, 7) is 0.485. The number of benzene rings is 2. The van der Waals surface area contributed by atoms with Gasteiger partial charge in [-0.1, -0.05) is 0 Å². The summed E-state index contributed by atoms with van der Waals surface area (Å²) in [5.41, 5.74) is 8.01. The predicted octanol–water partition coefficient (Wildman–Crippen LogP) is 3.07. The number of nitrogen functional groups attached to an aromatic ring is 1. The van der Waals surface area contributed by atoms with Crippen molar-refractivity contribution in [2.75, 3.05) is 17.6 Å². The van der Waals surface area contributed by atoms with Gasteiger partial charge in [0.25, 0.3) is 0 Å². The molecule has 20 heavy (non-hydrogen) atoms. The molecule has 102 valence electrons. The number of nitrogens with two attached hydrogens (primary N) is 1. The van der Waals surface area contributed by atoms with E-state index in [0.717, 1.165) is 6.07 Å². The first kappa shape index (κ1) is 13.8. The maximum absolute atomic E-state index is 13.0. The normalized spacial score (nSPS) is 10.1. The van der Waals surface area contributed by atoms with Gasteiger partial charge in [-0.05, 0) is 42.3 Å². The molecular formula is C15H13F2N3. The Morgan fingerprint density at radius 2 is 1.80 bits per heavy atom. The molecule has 5 heteroatoms. The number of hydrogen-bond acceptors (Lipinski definition) is 3. The third-order valence-corrected chi connectivity index (χ3v) is 2.83. The molecule has 2 aromatic rings. The molecule has 0 bridgehead atoms.